The van der Waals surface area contributed by atoms with Gasteiger partial charge in [0.1, 0.15) is 0 Å². The molecule has 0 saturated heterocycles. The Morgan fingerprint density at radius 1 is 0.850 bits per heavy atom. The molecule has 1 heteroatoms. The zero-order valence-corrected chi connectivity index (χ0v) is 14.9. The Morgan fingerprint density at radius 3 is 2.50 bits per heavy atom. The molecule has 4 aliphatic rings. The van der Waals surface area contributed by atoms with Crippen LogP contribution in [0, 0.1) is 34.5 Å². The minimum Gasteiger partial charge on any atom is -0.0887 e. The lowest BCUT2D eigenvalue weighted by Gasteiger charge is -2.60. The Kier molecular flexibility index (Phi) is 3.34. The maximum absolute atomic E-state index is 4.08. The highest BCUT2D eigenvalue weighted by atomic mass is 79.9. The van der Waals surface area contributed by atoms with E-state index in [2.05, 4.69) is 29.8 Å². The van der Waals surface area contributed by atoms with Gasteiger partial charge in [-0.25, -0.2) is 0 Å². The number of alkyl halides is 1. The summed E-state index contributed by atoms with van der Waals surface area (Å²) in [5.41, 5.74) is 1.38. The van der Waals surface area contributed by atoms with E-state index in [1.54, 1.807) is 25.7 Å². The molecule has 0 heterocycles. The topological polar surface area (TPSA) is 0 Å². The summed E-state index contributed by atoms with van der Waals surface area (Å²) in [6.45, 7) is 5.30. The Labute approximate surface area is 133 Å². The summed E-state index contributed by atoms with van der Waals surface area (Å²) >= 11 is 4.08. The van der Waals surface area contributed by atoms with E-state index in [4.69, 9.17) is 0 Å². The van der Waals surface area contributed by atoms with Crippen molar-refractivity contribution in [3.05, 3.63) is 0 Å². The zero-order valence-electron chi connectivity index (χ0n) is 13.3. The van der Waals surface area contributed by atoms with E-state index in [1.807, 2.05) is 0 Å². The van der Waals surface area contributed by atoms with Crippen molar-refractivity contribution in [2.75, 3.05) is 0 Å². The molecule has 0 aliphatic heterocycles. The standard InChI is InChI=1S/C19H31Br/c1-18-11-8-15-14(17(18)16(20)9-12-18)7-6-13-5-3-4-10-19(13,15)2/h13-17H,3-12H2,1-2H3/t13-,14-,15+,16?,17-,18-,19+/m1/s1. The van der Waals surface area contributed by atoms with E-state index in [9.17, 15) is 0 Å². The van der Waals surface area contributed by atoms with Crippen molar-refractivity contribution < 1.29 is 0 Å². The summed E-state index contributed by atoms with van der Waals surface area (Å²) in [5, 5.41) is 0. The van der Waals surface area contributed by atoms with Gasteiger partial charge in [-0.1, -0.05) is 42.6 Å². The lowest BCUT2D eigenvalue weighted by molar-refractivity contribution is -0.101. The molecule has 4 aliphatic carbocycles. The third kappa shape index (κ3) is 1.83. The van der Waals surface area contributed by atoms with Gasteiger partial charge in [-0.05, 0) is 85.9 Å². The lowest BCUT2D eigenvalue weighted by Crippen LogP contribution is -2.53. The fourth-order valence-corrected chi connectivity index (χ4v) is 8.52. The first kappa shape index (κ1) is 14.1. The normalized spacial score (nSPS) is 58.6. The molecule has 0 aromatic carbocycles. The average Bonchev–Trinajstić information content (AvgIpc) is 2.74. The van der Waals surface area contributed by atoms with Crippen LogP contribution < -0.4 is 0 Å². The van der Waals surface area contributed by atoms with Gasteiger partial charge in [0, 0.05) is 4.83 Å². The second-order valence-electron chi connectivity index (χ2n) is 9.07. The first-order valence-corrected chi connectivity index (χ1v) is 10.1. The molecule has 0 aromatic rings. The second kappa shape index (κ2) is 4.74. The van der Waals surface area contributed by atoms with Crippen LogP contribution in [0.25, 0.3) is 0 Å². The van der Waals surface area contributed by atoms with E-state index in [-0.39, 0.29) is 0 Å². The fraction of sp³-hybridized carbons (Fsp3) is 1.00. The van der Waals surface area contributed by atoms with Crippen LogP contribution in [-0.2, 0) is 0 Å². The molecule has 4 saturated carbocycles. The molecule has 20 heavy (non-hydrogen) atoms. The summed E-state index contributed by atoms with van der Waals surface area (Å²) < 4.78 is 0. The molecule has 4 fully saturated rings. The number of hydrogen-bond acceptors (Lipinski definition) is 0. The summed E-state index contributed by atoms with van der Waals surface area (Å²) in [6.07, 6.45) is 15.2. The van der Waals surface area contributed by atoms with Crippen molar-refractivity contribution in [2.24, 2.45) is 34.5 Å². The molecule has 0 bridgehead atoms. The van der Waals surface area contributed by atoms with E-state index >= 15 is 0 Å². The molecular weight excluding hydrogens is 308 g/mol. The molecule has 114 valence electrons. The summed E-state index contributed by atoms with van der Waals surface area (Å²) in [4.78, 5) is 0.823. The number of hydrogen-bond donors (Lipinski definition) is 0. The molecule has 0 radical (unpaired) electrons. The van der Waals surface area contributed by atoms with Crippen molar-refractivity contribution in [3.63, 3.8) is 0 Å². The number of fused-ring (bicyclic) bond motifs is 5. The first-order valence-electron chi connectivity index (χ1n) is 9.19. The maximum Gasteiger partial charge on any atom is 0.0182 e. The molecular formula is C19H31Br. The van der Waals surface area contributed by atoms with Crippen LogP contribution in [0.1, 0.15) is 78.1 Å². The Morgan fingerprint density at radius 2 is 1.65 bits per heavy atom. The summed E-state index contributed by atoms with van der Waals surface area (Å²) in [6, 6.07) is 0. The monoisotopic (exact) mass is 338 g/mol. The molecule has 1 unspecified atom stereocenters. The predicted molar refractivity (Wildman–Crippen MR) is 89.1 cm³/mol. The highest BCUT2D eigenvalue weighted by molar-refractivity contribution is 9.09. The smallest absolute Gasteiger partial charge is 0.0182 e. The molecule has 7 atom stereocenters. The van der Waals surface area contributed by atoms with Gasteiger partial charge >= 0.3 is 0 Å². The number of rotatable bonds is 0. The van der Waals surface area contributed by atoms with Crippen molar-refractivity contribution >= 4 is 15.9 Å². The zero-order chi connectivity index (χ0) is 14.0. The molecule has 0 nitrogen and oxygen atoms in total. The van der Waals surface area contributed by atoms with Gasteiger partial charge in [0.2, 0.25) is 0 Å². The van der Waals surface area contributed by atoms with Crippen LogP contribution >= 0.6 is 15.9 Å². The third-order valence-electron chi connectivity index (χ3n) is 8.34. The largest absolute Gasteiger partial charge is 0.0887 e. The predicted octanol–water partition coefficient (Wildman–Crippen LogP) is 6.18. The van der Waals surface area contributed by atoms with Crippen LogP contribution in [-0.4, -0.2) is 4.83 Å². The van der Waals surface area contributed by atoms with Crippen molar-refractivity contribution in [1.82, 2.24) is 0 Å². The minimum atomic E-state index is 0.674. The van der Waals surface area contributed by atoms with Gasteiger partial charge in [0.25, 0.3) is 0 Å². The van der Waals surface area contributed by atoms with E-state index in [0.29, 0.717) is 10.8 Å². The van der Waals surface area contributed by atoms with Crippen LogP contribution in [0.2, 0.25) is 0 Å². The van der Waals surface area contributed by atoms with Gasteiger partial charge in [0.15, 0.2) is 0 Å². The minimum absolute atomic E-state index is 0.674. The second-order valence-corrected chi connectivity index (χ2v) is 10.2. The quantitative estimate of drug-likeness (QED) is 0.462. The van der Waals surface area contributed by atoms with Crippen LogP contribution in [0.4, 0.5) is 0 Å². The van der Waals surface area contributed by atoms with Gasteiger partial charge < -0.3 is 0 Å². The van der Waals surface area contributed by atoms with Crippen molar-refractivity contribution in [1.29, 1.82) is 0 Å². The molecule has 0 spiro atoms. The Balaban J connectivity index is 1.66. The van der Waals surface area contributed by atoms with E-state index in [0.717, 1.165) is 28.5 Å². The molecule has 0 N–H and O–H groups in total. The fourth-order valence-electron chi connectivity index (χ4n) is 7.26. The highest BCUT2D eigenvalue weighted by Gasteiger charge is 2.59. The molecule has 0 aromatic heterocycles. The average molecular weight is 339 g/mol. The summed E-state index contributed by atoms with van der Waals surface area (Å²) in [5.74, 6) is 4.15. The Hall–Kier alpha value is 0.480. The lowest BCUT2D eigenvalue weighted by atomic mass is 9.45. The number of halogens is 1. The first-order chi connectivity index (χ1) is 9.55. The van der Waals surface area contributed by atoms with Crippen molar-refractivity contribution in [3.8, 4) is 0 Å². The molecule has 0 amide bonds. The van der Waals surface area contributed by atoms with Gasteiger partial charge in [-0.15, -0.1) is 0 Å². The van der Waals surface area contributed by atoms with Gasteiger partial charge in [-0.2, -0.15) is 0 Å². The van der Waals surface area contributed by atoms with Crippen molar-refractivity contribution in [2.45, 2.75) is 82.9 Å². The maximum atomic E-state index is 4.08. The third-order valence-corrected chi connectivity index (χ3v) is 9.36. The van der Waals surface area contributed by atoms with Gasteiger partial charge in [-0.3, -0.25) is 0 Å². The Bertz CT molecular complexity index is 391. The summed E-state index contributed by atoms with van der Waals surface area (Å²) in [7, 11) is 0. The van der Waals surface area contributed by atoms with Crippen LogP contribution in [0.15, 0.2) is 0 Å². The van der Waals surface area contributed by atoms with E-state index < -0.39 is 0 Å². The SMILES string of the molecule is C[C@@]12CCC(Br)[C@H]1[C@@H]1CC[C@H]3CCCC[C@]3(C)[C@H]1CC2. The van der Waals surface area contributed by atoms with Crippen LogP contribution in [0.3, 0.4) is 0 Å². The molecule has 4 rings (SSSR count). The van der Waals surface area contributed by atoms with E-state index in [1.165, 1.54) is 38.5 Å². The van der Waals surface area contributed by atoms with Crippen LogP contribution in [0.5, 0.6) is 0 Å². The van der Waals surface area contributed by atoms with Gasteiger partial charge in [0.05, 0.1) is 0 Å². The highest BCUT2D eigenvalue weighted by Crippen LogP contribution is 2.66.